The van der Waals surface area contributed by atoms with Gasteiger partial charge in [0, 0.05) is 13.6 Å². The van der Waals surface area contributed by atoms with Crippen molar-refractivity contribution in [3.63, 3.8) is 0 Å². The number of hydrogen-bond acceptors (Lipinski definition) is 3. The molecule has 0 N–H and O–H groups in total. The summed E-state index contributed by atoms with van der Waals surface area (Å²) in [6.45, 7) is -0.0857. The van der Waals surface area contributed by atoms with Crippen molar-refractivity contribution >= 4 is 10.0 Å². The molecule has 0 amide bonds. The Bertz CT molecular complexity index is 778. The van der Waals surface area contributed by atoms with E-state index < -0.39 is 26.6 Å². The number of methoxy groups -OCH3 is 1. The summed E-state index contributed by atoms with van der Waals surface area (Å²) in [7, 11) is -1.34. The smallest absolute Gasteiger partial charge is 0.246 e. The van der Waals surface area contributed by atoms with E-state index in [1.165, 1.54) is 44.5 Å². The van der Waals surface area contributed by atoms with Gasteiger partial charge in [0.2, 0.25) is 10.0 Å². The maximum atomic E-state index is 13.7. The van der Waals surface area contributed by atoms with Gasteiger partial charge in [-0.05, 0) is 29.8 Å². The maximum absolute atomic E-state index is 13.7. The highest BCUT2D eigenvalue weighted by Crippen LogP contribution is 2.22. The van der Waals surface area contributed by atoms with E-state index >= 15 is 0 Å². The summed E-state index contributed by atoms with van der Waals surface area (Å²) in [5, 5.41) is 0. The first-order valence-corrected chi connectivity index (χ1v) is 7.83. The Labute approximate surface area is 128 Å². The number of benzene rings is 2. The lowest BCUT2D eigenvalue weighted by molar-refractivity contribution is 0.385. The molecule has 0 heterocycles. The van der Waals surface area contributed by atoms with Gasteiger partial charge in [-0.2, -0.15) is 4.31 Å². The summed E-state index contributed by atoms with van der Waals surface area (Å²) in [6, 6.07) is 9.27. The first kappa shape index (κ1) is 16.4. The fourth-order valence-electron chi connectivity index (χ4n) is 1.97. The minimum atomic E-state index is -3.99. The van der Waals surface area contributed by atoms with Crippen LogP contribution in [-0.2, 0) is 16.6 Å². The standard InChI is InChI=1S/C15H15F2NO3S/c1-18(10-11-7-8-14(21-2)13(17)9-11)22(19,20)15-6-4-3-5-12(15)16/h3-9H,10H2,1-2H3. The van der Waals surface area contributed by atoms with Gasteiger partial charge in [-0.25, -0.2) is 17.2 Å². The monoisotopic (exact) mass is 327 g/mol. The van der Waals surface area contributed by atoms with Crippen molar-refractivity contribution in [1.29, 1.82) is 0 Å². The summed E-state index contributed by atoms with van der Waals surface area (Å²) < 4.78 is 57.7. The van der Waals surface area contributed by atoms with Crippen molar-refractivity contribution in [2.45, 2.75) is 11.4 Å². The normalized spacial score (nSPS) is 11.7. The van der Waals surface area contributed by atoms with Gasteiger partial charge in [-0.3, -0.25) is 0 Å². The quantitative estimate of drug-likeness (QED) is 0.848. The second-order valence-corrected chi connectivity index (χ2v) is 6.67. The van der Waals surface area contributed by atoms with Crippen LogP contribution >= 0.6 is 0 Å². The van der Waals surface area contributed by atoms with E-state index in [0.717, 1.165) is 10.4 Å². The Balaban J connectivity index is 2.27. The van der Waals surface area contributed by atoms with Crippen LogP contribution in [-0.4, -0.2) is 26.9 Å². The fraction of sp³-hybridized carbons (Fsp3) is 0.200. The maximum Gasteiger partial charge on any atom is 0.246 e. The van der Waals surface area contributed by atoms with Crippen LogP contribution in [0.1, 0.15) is 5.56 Å². The zero-order valence-corrected chi connectivity index (χ0v) is 12.9. The van der Waals surface area contributed by atoms with Crippen molar-refractivity contribution in [2.75, 3.05) is 14.2 Å². The van der Waals surface area contributed by atoms with Gasteiger partial charge in [0.25, 0.3) is 0 Å². The van der Waals surface area contributed by atoms with Gasteiger partial charge in [-0.15, -0.1) is 0 Å². The predicted molar refractivity (Wildman–Crippen MR) is 78.0 cm³/mol. The van der Waals surface area contributed by atoms with Crippen LogP contribution in [0.3, 0.4) is 0 Å². The van der Waals surface area contributed by atoms with Crippen LogP contribution in [0.25, 0.3) is 0 Å². The van der Waals surface area contributed by atoms with Crippen molar-refractivity contribution in [3.05, 3.63) is 59.7 Å². The number of halogens is 2. The molecule has 22 heavy (non-hydrogen) atoms. The van der Waals surface area contributed by atoms with Gasteiger partial charge in [-0.1, -0.05) is 18.2 Å². The Kier molecular flexibility index (Phi) is 4.77. The molecular weight excluding hydrogens is 312 g/mol. The van der Waals surface area contributed by atoms with Crippen LogP contribution in [0, 0.1) is 11.6 Å². The molecule has 7 heteroatoms. The summed E-state index contributed by atoms with van der Waals surface area (Å²) in [4.78, 5) is -0.411. The topological polar surface area (TPSA) is 46.6 Å². The Morgan fingerprint density at radius 1 is 1.09 bits per heavy atom. The van der Waals surface area contributed by atoms with Gasteiger partial charge < -0.3 is 4.74 Å². The molecule has 2 aromatic rings. The molecule has 0 aromatic heterocycles. The van der Waals surface area contributed by atoms with Crippen molar-refractivity contribution in [1.82, 2.24) is 4.31 Å². The second kappa shape index (κ2) is 6.41. The highest BCUT2D eigenvalue weighted by atomic mass is 32.2. The second-order valence-electron chi connectivity index (χ2n) is 4.66. The highest BCUT2D eigenvalue weighted by Gasteiger charge is 2.24. The van der Waals surface area contributed by atoms with Crippen molar-refractivity contribution < 1.29 is 21.9 Å². The largest absolute Gasteiger partial charge is 0.494 e. The predicted octanol–water partition coefficient (Wildman–Crippen LogP) is 2.79. The number of ether oxygens (including phenoxy) is 1. The summed E-state index contributed by atoms with van der Waals surface area (Å²) in [5.41, 5.74) is 0.431. The molecule has 2 aromatic carbocycles. The van der Waals surface area contributed by atoms with E-state index in [0.29, 0.717) is 5.56 Å². The Morgan fingerprint density at radius 2 is 1.77 bits per heavy atom. The van der Waals surface area contributed by atoms with Crippen LogP contribution < -0.4 is 4.74 Å². The minimum Gasteiger partial charge on any atom is -0.494 e. The molecular formula is C15H15F2NO3S. The van der Waals surface area contributed by atoms with Gasteiger partial charge in [0.15, 0.2) is 11.6 Å². The number of nitrogens with zero attached hydrogens (tertiary/aromatic N) is 1. The van der Waals surface area contributed by atoms with E-state index in [4.69, 9.17) is 4.74 Å². The minimum absolute atomic E-state index is 0.0726. The van der Waals surface area contributed by atoms with Crippen LogP contribution in [0.5, 0.6) is 5.75 Å². The van der Waals surface area contributed by atoms with Crippen molar-refractivity contribution in [2.24, 2.45) is 0 Å². The highest BCUT2D eigenvalue weighted by molar-refractivity contribution is 7.89. The SMILES string of the molecule is COc1ccc(CN(C)S(=O)(=O)c2ccccc2F)cc1F. The first-order valence-electron chi connectivity index (χ1n) is 6.39. The van der Waals surface area contributed by atoms with Gasteiger partial charge in [0.05, 0.1) is 7.11 Å². The molecule has 2 rings (SSSR count). The lowest BCUT2D eigenvalue weighted by atomic mass is 10.2. The lowest BCUT2D eigenvalue weighted by Gasteiger charge is -2.18. The molecule has 0 atom stereocenters. The number of sulfonamides is 1. The summed E-state index contributed by atoms with van der Waals surface area (Å²) in [5.74, 6) is -1.34. The van der Waals surface area contributed by atoms with Gasteiger partial charge >= 0.3 is 0 Å². The molecule has 0 aliphatic rings. The molecule has 0 saturated carbocycles. The summed E-state index contributed by atoms with van der Waals surface area (Å²) in [6.07, 6.45) is 0. The molecule has 118 valence electrons. The third-order valence-electron chi connectivity index (χ3n) is 3.15. The van der Waals surface area contributed by atoms with E-state index in [9.17, 15) is 17.2 Å². The zero-order valence-electron chi connectivity index (χ0n) is 12.1. The average molecular weight is 327 g/mol. The Morgan fingerprint density at radius 3 is 2.36 bits per heavy atom. The third-order valence-corrected chi connectivity index (χ3v) is 4.98. The molecule has 4 nitrogen and oxygen atoms in total. The fourth-order valence-corrected chi connectivity index (χ4v) is 3.19. The first-order chi connectivity index (χ1) is 10.4. The molecule has 0 bridgehead atoms. The third kappa shape index (κ3) is 3.26. The lowest BCUT2D eigenvalue weighted by Crippen LogP contribution is -2.27. The van der Waals surface area contributed by atoms with E-state index in [2.05, 4.69) is 0 Å². The molecule has 0 unspecified atom stereocenters. The van der Waals surface area contributed by atoms with Crippen molar-refractivity contribution in [3.8, 4) is 5.75 Å². The molecule has 0 aliphatic heterocycles. The van der Waals surface area contributed by atoms with Crippen LogP contribution in [0.15, 0.2) is 47.4 Å². The van der Waals surface area contributed by atoms with Gasteiger partial charge in [0.1, 0.15) is 10.7 Å². The molecule has 0 spiro atoms. The molecule has 0 fully saturated rings. The zero-order chi connectivity index (χ0) is 16.3. The number of hydrogen-bond donors (Lipinski definition) is 0. The van der Waals surface area contributed by atoms with Crippen LogP contribution in [0.4, 0.5) is 8.78 Å². The van der Waals surface area contributed by atoms with E-state index in [1.807, 2.05) is 0 Å². The molecule has 0 radical (unpaired) electrons. The van der Waals surface area contributed by atoms with E-state index in [1.54, 1.807) is 6.07 Å². The summed E-state index contributed by atoms with van der Waals surface area (Å²) >= 11 is 0. The van der Waals surface area contributed by atoms with Crippen LogP contribution in [0.2, 0.25) is 0 Å². The average Bonchev–Trinajstić information content (AvgIpc) is 2.47. The Hall–Kier alpha value is -1.99. The number of rotatable bonds is 5. The van der Waals surface area contributed by atoms with E-state index in [-0.39, 0.29) is 12.3 Å². The molecule has 0 saturated heterocycles. The molecule has 0 aliphatic carbocycles.